The Morgan fingerprint density at radius 1 is 0.178 bits per heavy atom. The molecule has 24 aromatic rings. The van der Waals surface area contributed by atoms with Crippen molar-refractivity contribution >= 4 is 86.5 Å². The van der Waals surface area contributed by atoms with E-state index in [1.807, 2.05) is 77.3 Å². The number of fused-ring (bicyclic) bond motifs is 9. The van der Waals surface area contributed by atoms with Crippen LogP contribution in [-0.4, -0.2) is 39.5 Å². The van der Waals surface area contributed by atoms with Gasteiger partial charge in [0.25, 0.3) is 0 Å². The van der Waals surface area contributed by atoms with Crippen LogP contribution in [0.25, 0.3) is 237 Å². The molecular weight excluding hydrogens is 1610 g/mol. The highest BCUT2D eigenvalue weighted by Crippen LogP contribution is 2.53. The number of pyridine rings is 2. The molecule has 0 aliphatic carbocycles. The Morgan fingerprint density at radius 3 is 0.837 bits per heavy atom. The van der Waals surface area contributed by atoms with Gasteiger partial charge in [0.2, 0.25) is 0 Å². The first kappa shape index (κ1) is 77.2. The van der Waals surface area contributed by atoms with E-state index in [1.54, 1.807) is 0 Å². The zero-order valence-electron chi connectivity index (χ0n) is 69.8. The number of nitrogens with zero attached hydrogens (tertiary/aromatic N) is 8. The van der Waals surface area contributed by atoms with Gasteiger partial charge < -0.3 is 4.57 Å². The molecule has 0 saturated heterocycles. The van der Waals surface area contributed by atoms with Crippen LogP contribution in [0.2, 0.25) is 0 Å². The van der Waals surface area contributed by atoms with Crippen LogP contribution < -0.4 is 0 Å². The average molecular weight is 1680 g/mol. The molecule has 0 atom stereocenters. The number of para-hydroxylation sites is 4. The van der Waals surface area contributed by atoms with E-state index in [4.69, 9.17) is 34.9 Å². The molecule has 10 heteroatoms. The van der Waals surface area contributed by atoms with Gasteiger partial charge in [-0.2, -0.15) is 0 Å². The number of benzene rings is 17. The van der Waals surface area contributed by atoms with Crippen LogP contribution in [-0.2, 0) is 0 Å². The van der Waals surface area contributed by atoms with Crippen LogP contribution in [0.3, 0.4) is 0 Å². The lowest BCUT2D eigenvalue weighted by atomic mass is 9.94. The summed E-state index contributed by atoms with van der Waals surface area (Å²) in [6.45, 7) is 0. The molecule has 604 valence electrons. The Morgan fingerprint density at radius 2 is 0.450 bits per heavy atom. The molecule has 0 saturated carbocycles. The fourth-order valence-electron chi connectivity index (χ4n) is 17.9. The lowest BCUT2D eigenvalue weighted by Crippen LogP contribution is -2.00. The molecule has 0 unspecified atom stereocenters. The third-order valence-electron chi connectivity index (χ3n) is 24.2. The van der Waals surface area contributed by atoms with Gasteiger partial charge in [0.05, 0.1) is 44.8 Å². The zero-order chi connectivity index (χ0) is 85.5. The minimum absolute atomic E-state index is 0.629. The van der Waals surface area contributed by atoms with Crippen molar-refractivity contribution in [1.82, 2.24) is 39.5 Å². The van der Waals surface area contributed by atoms with E-state index >= 15 is 0 Å². The first-order chi connectivity index (χ1) is 63.9. The summed E-state index contributed by atoms with van der Waals surface area (Å²) < 4.78 is 4.85. The molecule has 7 heterocycles. The van der Waals surface area contributed by atoms with Gasteiger partial charge in [-0.05, 0) is 98.1 Å². The minimum atomic E-state index is 0.629. The predicted octanol–water partition coefficient (Wildman–Crippen LogP) is 32.0. The number of hydrogen-bond acceptors (Lipinski definition) is 9. The van der Waals surface area contributed by atoms with Gasteiger partial charge >= 0.3 is 0 Å². The smallest absolute Gasteiger partial charge is 0.164 e. The molecule has 0 spiro atoms. The van der Waals surface area contributed by atoms with E-state index in [9.17, 15) is 0 Å². The van der Waals surface area contributed by atoms with E-state index in [1.165, 1.54) is 101 Å². The first-order valence-electron chi connectivity index (χ1n) is 43.3. The second-order valence-electron chi connectivity index (χ2n) is 32.1. The summed E-state index contributed by atoms with van der Waals surface area (Å²) in [5.41, 5.74) is 31.1. The largest absolute Gasteiger partial charge is 0.309 e. The molecule has 0 N–H and O–H groups in total. The quantitative estimate of drug-likeness (QED) is 0.0951. The van der Waals surface area contributed by atoms with Crippen LogP contribution in [0.1, 0.15) is 0 Å². The summed E-state index contributed by atoms with van der Waals surface area (Å²) in [6, 6.07) is 162. The maximum atomic E-state index is 5.41. The Hall–Kier alpha value is -16.6. The van der Waals surface area contributed by atoms with Crippen molar-refractivity contribution in [3.63, 3.8) is 0 Å². The molecular formula is C119H76N8S2. The summed E-state index contributed by atoms with van der Waals surface area (Å²) in [5, 5.41) is 7.19. The number of aromatic nitrogens is 8. The highest BCUT2D eigenvalue weighted by molar-refractivity contribution is 7.24. The first-order valence-corrected chi connectivity index (χ1v) is 44.9. The summed E-state index contributed by atoms with van der Waals surface area (Å²) in [7, 11) is 0. The lowest BCUT2D eigenvalue weighted by molar-refractivity contribution is 1.07. The van der Waals surface area contributed by atoms with E-state index in [0.717, 1.165) is 112 Å². The van der Waals surface area contributed by atoms with Crippen LogP contribution in [0.15, 0.2) is 461 Å². The average Bonchev–Trinajstić information content (AvgIpc) is 1.61. The van der Waals surface area contributed by atoms with Crippen molar-refractivity contribution in [2.24, 2.45) is 0 Å². The molecule has 0 aliphatic heterocycles. The molecule has 129 heavy (non-hydrogen) atoms. The molecule has 17 aromatic carbocycles. The summed E-state index contributed by atoms with van der Waals surface area (Å²) >= 11 is 3.71. The highest BCUT2D eigenvalue weighted by atomic mass is 32.1. The third kappa shape index (κ3) is 14.9. The topological polar surface area (TPSA) is 95.2 Å². The SMILES string of the molecule is c1ccc(-c2ccc(-c3nc(-c4ccccc4)nc(-c4ccc(-c5ccc(-c6nc7ccccc7c7sc(-c8ccccc8)c(-c8ccccc8)c67)cc5)cc4)n3)cc2)cc1.c1ccc(-c2nc(-c3ccc(-c4ccc(-c5nc6ccccc6c6sc(-c7ccccc7)c(-c7ccccc7)c56)cc4)cc3)cc(-c3cccc(-n4c5ccccc5c5ccccc54)c3)n2)cc1. The van der Waals surface area contributed by atoms with E-state index in [2.05, 4.69) is 411 Å². The number of rotatable bonds is 16. The second kappa shape index (κ2) is 33.8. The van der Waals surface area contributed by atoms with Crippen LogP contribution in [0, 0.1) is 0 Å². The molecule has 8 nitrogen and oxygen atoms in total. The van der Waals surface area contributed by atoms with Gasteiger partial charge in [-0.25, -0.2) is 34.9 Å². The third-order valence-corrected chi connectivity index (χ3v) is 26.8. The normalized spacial score (nSPS) is 11.4. The molecule has 0 aliphatic rings. The maximum Gasteiger partial charge on any atom is 0.164 e. The van der Waals surface area contributed by atoms with Crippen LogP contribution >= 0.6 is 22.7 Å². The second-order valence-corrected chi connectivity index (χ2v) is 34.2. The number of thiophene rings is 2. The lowest BCUT2D eigenvalue weighted by Gasteiger charge is -2.13. The Balaban J connectivity index is 0.000000148. The molecule has 0 bridgehead atoms. The predicted molar refractivity (Wildman–Crippen MR) is 539 cm³/mol. The Labute approximate surface area is 754 Å². The standard InChI is InChI=1S/C63H40N4S.C56H36N4S/c1-4-17-44(18-5-1)58-59-60(64-53-28-13-10-27-52(53)62(59)68-61(58)46-19-6-2-7-20-46)45-37-33-42(34-38-45)41-31-35-43(36-32-41)54-40-55(66-63(65-54)47-21-8-3-9-22-47)48-23-16-24-49(39-48)67-56-29-14-11-25-50(56)51-26-12-15-30-57(51)67;1-5-15-37(16-6-1)38-27-33-45(34-28-38)55-58-54(44-21-11-4-12-22-44)59-56(60-55)46-35-29-40(30-36-46)39-25-31-42(32-26-39)51-50-49(41-17-7-2-8-18-41)52(43-19-9-3-10-20-43)61-53(50)47-23-13-14-24-48(47)57-51/h1-40H;1-36H. The molecule has 0 radical (unpaired) electrons. The van der Waals surface area contributed by atoms with E-state index in [-0.39, 0.29) is 0 Å². The van der Waals surface area contributed by atoms with Crippen LogP contribution in [0.5, 0.6) is 0 Å². The van der Waals surface area contributed by atoms with Gasteiger partial charge in [0, 0.05) is 113 Å². The van der Waals surface area contributed by atoms with Crippen molar-refractivity contribution in [2.45, 2.75) is 0 Å². The van der Waals surface area contributed by atoms with E-state index < -0.39 is 0 Å². The van der Waals surface area contributed by atoms with Crippen molar-refractivity contribution in [3.05, 3.63) is 461 Å². The van der Waals surface area contributed by atoms with Crippen LogP contribution in [0.4, 0.5) is 0 Å². The molecule has 0 fully saturated rings. The fraction of sp³-hybridized carbons (Fsp3) is 0. The van der Waals surface area contributed by atoms with Crippen molar-refractivity contribution < 1.29 is 0 Å². The van der Waals surface area contributed by atoms with E-state index in [0.29, 0.717) is 23.3 Å². The molecule has 0 amide bonds. The van der Waals surface area contributed by atoms with Gasteiger partial charge in [-0.3, -0.25) is 0 Å². The highest BCUT2D eigenvalue weighted by Gasteiger charge is 2.27. The number of hydrogen-bond donors (Lipinski definition) is 0. The molecule has 7 aromatic heterocycles. The summed E-state index contributed by atoms with van der Waals surface area (Å²) in [4.78, 5) is 38.6. The summed E-state index contributed by atoms with van der Waals surface area (Å²) in [5.74, 6) is 2.59. The Bertz CT molecular complexity index is 8210. The maximum absolute atomic E-state index is 5.41. The van der Waals surface area contributed by atoms with Crippen molar-refractivity contribution in [1.29, 1.82) is 0 Å². The van der Waals surface area contributed by atoms with Crippen molar-refractivity contribution in [3.8, 4) is 173 Å². The van der Waals surface area contributed by atoms with Crippen molar-refractivity contribution in [2.75, 3.05) is 0 Å². The van der Waals surface area contributed by atoms with Gasteiger partial charge in [0.15, 0.2) is 23.3 Å². The monoisotopic (exact) mass is 1680 g/mol. The van der Waals surface area contributed by atoms with Gasteiger partial charge in [0.1, 0.15) is 0 Å². The minimum Gasteiger partial charge on any atom is -0.309 e. The Kier molecular flexibility index (Phi) is 20.2. The van der Waals surface area contributed by atoms with Gasteiger partial charge in [-0.1, -0.05) is 419 Å². The molecule has 24 rings (SSSR count). The fourth-order valence-corrected chi connectivity index (χ4v) is 20.6. The van der Waals surface area contributed by atoms with Gasteiger partial charge in [-0.15, -0.1) is 22.7 Å². The summed E-state index contributed by atoms with van der Waals surface area (Å²) in [6.07, 6.45) is 0. The zero-order valence-corrected chi connectivity index (χ0v) is 71.4.